The number of hydrogen-bond donors (Lipinski definition) is 2. The van der Waals surface area contributed by atoms with Gasteiger partial charge in [0, 0.05) is 18.4 Å². The number of aromatic nitrogens is 2. The van der Waals surface area contributed by atoms with Crippen molar-refractivity contribution in [3.63, 3.8) is 0 Å². The molecular weight excluding hydrogens is 280 g/mol. The van der Waals surface area contributed by atoms with Crippen molar-refractivity contribution in [2.45, 2.75) is 25.9 Å². The summed E-state index contributed by atoms with van der Waals surface area (Å²) in [6.07, 6.45) is 2.73. The van der Waals surface area contributed by atoms with Crippen LogP contribution in [0.25, 0.3) is 0 Å². The third-order valence-electron chi connectivity index (χ3n) is 3.92. The zero-order valence-corrected chi connectivity index (χ0v) is 12.8. The summed E-state index contributed by atoms with van der Waals surface area (Å²) in [6.45, 7) is 3.12. The lowest BCUT2D eigenvalue weighted by molar-refractivity contribution is 0.114. The lowest BCUT2D eigenvalue weighted by Gasteiger charge is -2.41. The second kappa shape index (κ2) is 6.09. The minimum absolute atomic E-state index is 0.0619. The van der Waals surface area contributed by atoms with Crippen LogP contribution in [-0.2, 0) is 6.54 Å². The molecule has 22 heavy (non-hydrogen) atoms. The molecule has 0 bridgehead atoms. The van der Waals surface area contributed by atoms with Gasteiger partial charge < -0.3 is 19.9 Å². The molecule has 0 radical (unpaired) electrons. The molecule has 2 N–H and O–H groups in total. The standard InChI is InChI=1S/C16H20N4O2/c1-11-9-17-15(19-11)10-18-16(21)20-7-6-14(20)12-4-3-5-13(8-12)22-2/h3-5,8-9,14H,6-7,10H2,1-2H3,(H,17,19)(H,18,21)/t14-/m1/s1. The normalized spacial score (nSPS) is 17.0. The average molecular weight is 300 g/mol. The third kappa shape index (κ3) is 2.90. The van der Waals surface area contributed by atoms with E-state index in [9.17, 15) is 4.79 Å². The molecule has 1 aromatic carbocycles. The van der Waals surface area contributed by atoms with Gasteiger partial charge in [0.2, 0.25) is 0 Å². The second-order valence-corrected chi connectivity index (χ2v) is 5.45. The highest BCUT2D eigenvalue weighted by atomic mass is 16.5. The van der Waals surface area contributed by atoms with E-state index in [2.05, 4.69) is 15.3 Å². The zero-order chi connectivity index (χ0) is 15.5. The number of aryl methyl sites for hydroxylation is 1. The second-order valence-electron chi connectivity index (χ2n) is 5.45. The molecule has 116 valence electrons. The summed E-state index contributed by atoms with van der Waals surface area (Å²) in [4.78, 5) is 21.4. The smallest absolute Gasteiger partial charge is 0.318 e. The number of carbonyl (C=O) groups is 1. The van der Waals surface area contributed by atoms with Gasteiger partial charge in [0.05, 0.1) is 19.7 Å². The molecule has 1 aliphatic rings. The van der Waals surface area contributed by atoms with Crippen molar-refractivity contribution in [3.05, 3.63) is 47.5 Å². The van der Waals surface area contributed by atoms with E-state index in [1.54, 1.807) is 13.3 Å². The van der Waals surface area contributed by atoms with E-state index >= 15 is 0 Å². The molecule has 0 aliphatic carbocycles. The first-order valence-corrected chi connectivity index (χ1v) is 7.36. The molecule has 1 aliphatic heterocycles. The molecule has 0 spiro atoms. The van der Waals surface area contributed by atoms with Gasteiger partial charge in [0.25, 0.3) is 0 Å². The van der Waals surface area contributed by atoms with E-state index < -0.39 is 0 Å². The number of ether oxygens (including phenoxy) is 1. The third-order valence-corrected chi connectivity index (χ3v) is 3.92. The average Bonchev–Trinajstić information content (AvgIpc) is 2.90. The van der Waals surface area contributed by atoms with Gasteiger partial charge >= 0.3 is 6.03 Å². The maximum Gasteiger partial charge on any atom is 0.318 e. The van der Waals surface area contributed by atoms with Crippen molar-refractivity contribution in [2.75, 3.05) is 13.7 Å². The number of carbonyl (C=O) groups excluding carboxylic acids is 1. The number of methoxy groups -OCH3 is 1. The number of urea groups is 1. The van der Waals surface area contributed by atoms with Gasteiger partial charge in [-0.3, -0.25) is 0 Å². The number of nitrogens with one attached hydrogen (secondary N) is 2. The zero-order valence-electron chi connectivity index (χ0n) is 12.8. The van der Waals surface area contributed by atoms with Crippen LogP contribution in [0.1, 0.15) is 29.5 Å². The van der Waals surface area contributed by atoms with Crippen LogP contribution in [0.3, 0.4) is 0 Å². The van der Waals surface area contributed by atoms with Gasteiger partial charge in [0.1, 0.15) is 11.6 Å². The lowest BCUT2D eigenvalue weighted by Crippen LogP contribution is -2.49. The van der Waals surface area contributed by atoms with E-state index in [-0.39, 0.29) is 12.1 Å². The van der Waals surface area contributed by atoms with Crippen LogP contribution in [0.2, 0.25) is 0 Å². The highest BCUT2D eigenvalue weighted by molar-refractivity contribution is 5.75. The molecule has 1 aromatic heterocycles. The number of aromatic amines is 1. The molecule has 0 unspecified atom stereocenters. The highest BCUT2D eigenvalue weighted by Crippen LogP contribution is 2.34. The molecule has 0 saturated carbocycles. The number of H-pyrrole nitrogens is 1. The first kappa shape index (κ1) is 14.4. The number of amides is 2. The van der Waals surface area contributed by atoms with Crippen LogP contribution in [0.4, 0.5) is 4.79 Å². The van der Waals surface area contributed by atoms with E-state index in [0.29, 0.717) is 6.54 Å². The summed E-state index contributed by atoms with van der Waals surface area (Å²) in [7, 11) is 1.65. The molecular formula is C16H20N4O2. The van der Waals surface area contributed by atoms with Gasteiger partial charge in [-0.25, -0.2) is 9.78 Å². The largest absolute Gasteiger partial charge is 0.497 e. The maximum atomic E-state index is 12.3. The molecule has 6 nitrogen and oxygen atoms in total. The fourth-order valence-electron chi connectivity index (χ4n) is 2.64. The van der Waals surface area contributed by atoms with Crippen molar-refractivity contribution in [1.82, 2.24) is 20.2 Å². The van der Waals surface area contributed by atoms with Crippen LogP contribution < -0.4 is 10.1 Å². The Morgan fingerprint density at radius 3 is 3.05 bits per heavy atom. The minimum Gasteiger partial charge on any atom is -0.497 e. The van der Waals surface area contributed by atoms with Crippen molar-refractivity contribution in [3.8, 4) is 5.75 Å². The first-order valence-electron chi connectivity index (χ1n) is 7.36. The van der Waals surface area contributed by atoms with E-state index in [1.807, 2.05) is 36.1 Å². The SMILES string of the molecule is COc1cccc([C@H]2CCN2C(=O)NCc2ncc(C)[nH]2)c1. The Hall–Kier alpha value is -2.50. The first-order chi connectivity index (χ1) is 10.7. The Balaban J connectivity index is 1.61. The minimum atomic E-state index is -0.0619. The number of imidazole rings is 1. The monoisotopic (exact) mass is 300 g/mol. The van der Waals surface area contributed by atoms with Crippen molar-refractivity contribution < 1.29 is 9.53 Å². The molecule has 1 atom stereocenters. The van der Waals surface area contributed by atoms with Gasteiger partial charge in [0.15, 0.2) is 0 Å². The summed E-state index contributed by atoms with van der Waals surface area (Å²) in [5.74, 6) is 1.58. The van der Waals surface area contributed by atoms with Gasteiger partial charge in [-0.1, -0.05) is 12.1 Å². The Kier molecular flexibility index (Phi) is 4.00. The van der Waals surface area contributed by atoms with E-state index in [4.69, 9.17) is 4.74 Å². The van der Waals surface area contributed by atoms with Gasteiger partial charge in [-0.05, 0) is 31.0 Å². The molecule has 6 heteroatoms. The van der Waals surface area contributed by atoms with Crippen LogP contribution >= 0.6 is 0 Å². The van der Waals surface area contributed by atoms with Crippen molar-refractivity contribution in [1.29, 1.82) is 0 Å². The number of nitrogens with zero attached hydrogens (tertiary/aromatic N) is 2. The van der Waals surface area contributed by atoms with Crippen molar-refractivity contribution in [2.24, 2.45) is 0 Å². The Labute approximate surface area is 129 Å². The Morgan fingerprint density at radius 1 is 1.55 bits per heavy atom. The predicted octanol–water partition coefficient (Wildman–Crippen LogP) is 2.38. The molecule has 2 heterocycles. The number of likely N-dealkylation sites (tertiary alicyclic amines) is 1. The highest BCUT2D eigenvalue weighted by Gasteiger charge is 2.33. The Morgan fingerprint density at radius 2 is 2.41 bits per heavy atom. The summed E-state index contributed by atoms with van der Waals surface area (Å²) >= 11 is 0. The van der Waals surface area contributed by atoms with E-state index in [0.717, 1.165) is 35.8 Å². The molecule has 3 rings (SSSR count). The summed E-state index contributed by atoms with van der Waals surface area (Å²) < 4.78 is 5.25. The van der Waals surface area contributed by atoms with Crippen molar-refractivity contribution >= 4 is 6.03 Å². The molecule has 2 amide bonds. The topological polar surface area (TPSA) is 70.2 Å². The van der Waals surface area contributed by atoms with Gasteiger partial charge in [-0.2, -0.15) is 0 Å². The molecule has 2 aromatic rings. The fraction of sp³-hybridized carbons (Fsp3) is 0.375. The van der Waals surface area contributed by atoms with Gasteiger partial charge in [-0.15, -0.1) is 0 Å². The number of hydrogen-bond acceptors (Lipinski definition) is 3. The summed E-state index contributed by atoms with van der Waals surface area (Å²) in [6, 6.07) is 7.93. The molecule has 1 fully saturated rings. The fourth-order valence-corrected chi connectivity index (χ4v) is 2.64. The number of benzene rings is 1. The quantitative estimate of drug-likeness (QED) is 0.911. The predicted molar refractivity (Wildman–Crippen MR) is 82.6 cm³/mol. The summed E-state index contributed by atoms with van der Waals surface area (Å²) in [5.41, 5.74) is 2.09. The van der Waals surface area contributed by atoms with Crippen LogP contribution in [0, 0.1) is 6.92 Å². The van der Waals surface area contributed by atoms with Crippen LogP contribution in [0.5, 0.6) is 5.75 Å². The van der Waals surface area contributed by atoms with Crippen LogP contribution in [-0.4, -0.2) is 34.6 Å². The maximum absolute atomic E-state index is 12.3. The Bertz CT molecular complexity index is 668. The van der Waals surface area contributed by atoms with Crippen LogP contribution in [0.15, 0.2) is 30.5 Å². The summed E-state index contributed by atoms with van der Waals surface area (Å²) in [5, 5.41) is 2.90. The number of rotatable bonds is 4. The lowest BCUT2D eigenvalue weighted by atomic mass is 9.95. The van der Waals surface area contributed by atoms with E-state index in [1.165, 1.54) is 0 Å². The molecule has 1 saturated heterocycles.